The minimum absolute atomic E-state index is 0.0553. The van der Waals surface area contributed by atoms with Gasteiger partial charge in [-0.1, -0.05) is 12.8 Å². The summed E-state index contributed by atoms with van der Waals surface area (Å²) in [6, 6.07) is 0.336. The fourth-order valence-corrected chi connectivity index (χ4v) is 4.26. The maximum absolute atomic E-state index is 12.4. The lowest BCUT2D eigenvalue weighted by Gasteiger charge is -2.38. The third-order valence-corrected chi connectivity index (χ3v) is 6.15. The van der Waals surface area contributed by atoms with Crippen LogP contribution < -0.4 is 10.6 Å². The van der Waals surface area contributed by atoms with Crippen LogP contribution in [0.4, 0.5) is 0 Å². The van der Waals surface area contributed by atoms with Crippen LogP contribution in [0.15, 0.2) is 0 Å². The van der Waals surface area contributed by atoms with Crippen molar-refractivity contribution in [2.24, 2.45) is 0 Å². The van der Waals surface area contributed by atoms with Gasteiger partial charge in [-0.3, -0.25) is 14.5 Å². The maximum atomic E-state index is 12.4. The number of carbonyl (C=O) groups excluding carboxylic acids is 2. The van der Waals surface area contributed by atoms with Gasteiger partial charge in [0.2, 0.25) is 11.8 Å². The van der Waals surface area contributed by atoms with Gasteiger partial charge in [-0.15, -0.1) is 0 Å². The van der Waals surface area contributed by atoms with Gasteiger partial charge in [0.15, 0.2) is 0 Å². The molecule has 1 unspecified atom stereocenters. The predicted octanol–water partition coefficient (Wildman–Crippen LogP) is -0.127. The van der Waals surface area contributed by atoms with Crippen LogP contribution in [0.2, 0.25) is 0 Å². The van der Waals surface area contributed by atoms with Gasteiger partial charge in [0, 0.05) is 71.4 Å². The van der Waals surface area contributed by atoms with E-state index in [-0.39, 0.29) is 17.9 Å². The van der Waals surface area contributed by atoms with Crippen LogP contribution in [0.25, 0.3) is 0 Å². The molecule has 2 amide bonds. The van der Waals surface area contributed by atoms with E-state index in [0.717, 1.165) is 71.7 Å². The number of nitrogens with one attached hydrogen (secondary N) is 2. The van der Waals surface area contributed by atoms with Crippen molar-refractivity contribution in [2.45, 2.75) is 51.1 Å². The molecule has 3 rings (SSSR count). The Morgan fingerprint density at radius 1 is 1.04 bits per heavy atom. The zero-order valence-electron chi connectivity index (χ0n) is 16.2. The Morgan fingerprint density at radius 2 is 1.69 bits per heavy atom. The van der Waals surface area contributed by atoms with Crippen molar-refractivity contribution < 1.29 is 9.59 Å². The summed E-state index contributed by atoms with van der Waals surface area (Å²) in [6.07, 6.45) is 5.35. The van der Waals surface area contributed by atoms with E-state index < -0.39 is 0 Å². The third-order valence-electron chi connectivity index (χ3n) is 6.15. The van der Waals surface area contributed by atoms with Crippen LogP contribution in [-0.4, -0.2) is 97.5 Å². The molecular formula is C19H35N5O2. The second-order valence-corrected chi connectivity index (χ2v) is 7.92. The van der Waals surface area contributed by atoms with E-state index in [1.165, 1.54) is 12.8 Å². The topological polar surface area (TPSA) is 67.9 Å². The van der Waals surface area contributed by atoms with Crippen molar-refractivity contribution in [3.05, 3.63) is 0 Å². The lowest BCUT2D eigenvalue weighted by atomic mass is 10.1. The highest BCUT2D eigenvalue weighted by atomic mass is 16.2. The first-order valence-electron chi connectivity index (χ1n) is 10.4. The van der Waals surface area contributed by atoms with E-state index in [4.69, 9.17) is 0 Å². The van der Waals surface area contributed by atoms with E-state index >= 15 is 0 Å². The Hall–Kier alpha value is -1.18. The normalized spacial score (nSPS) is 24.6. The molecule has 2 heterocycles. The first-order chi connectivity index (χ1) is 12.6. The molecule has 7 nitrogen and oxygen atoms in total. The summed E-state index contributed by atoms with van der Waals surface area (Å²) in [6.45, 7) is 10.0. The van der Waals surface area contributed by atoms with Gasteiger partial charge in [-0.05, 0) is 19.8 Å². The average molecular weight is 366 g/mol. The number of hydrogen-bond donors (Lipinski definition) is 2. The minimum Gasteiger partial charge on any atom is -0.352 e. The van der Waals surface area contributed by atoms with Crippen LogP contribution >= 0.6 is 0 Å². The quantitative estimate of drug-likeness (QED) is 0.687. The monoisotopic (exact) mass is 365 g/mol. The van der Waals surface area contributed by atoms with Gasteiger partial charge >= 0.3 is 0 Å². The van der Waals surface area contributed by atoms with Gasteiger partial charge in [0.1, 0.15) is 0 Å². The highest BCUT2D eigenvalue weighted by Crippen LogP contribution is 2.18. The SMILES string of the molecule is CC(C(=O)NC1CCCC1)N1CCN(CCC(=O)N2CCNCC2)CC1. The average Bonchev–Trinajstić information content (AvgIpc) is 3.19. The number of carbonyl (C=O) groups is 2. The van der Waals surface area contributed by atoms with Crippen LogP contribution in [0.5, 0.6) is 0 Å². The molecule has 1 aliphatic carbocycles. The summed E-state index contributed by atoms with van der Waals surface area (Å²) in [7, 11) is 0. The molecular weight excluding hydrogens is 330 g/mol. The first kappa shape index (κ1) is 19.6. The largest absolute Gasteiger partial charge is 0.352 e. The van der Waals surface area contributed by atoms with E-state index in [1.54, 1.807) is 0 Å². The van der Waals surface area contributed by atoms with Gasteiger partial charge in [0.25, 0.3) is 0 Å². The van der Waals surface area contributed by atoms with E-state index in [1.807, 2.05) is 11.8 Å². The zero-order chi connectivity index (χ0) is 18.4. The molecule has 1 saturated carbocycles. The number of amides is 2. The van der Waals surface area contributed by atoms with Crippen molar-refractivity contribution in [2.75, 3.05) is 58.9 Å². The zero-order valence-corrected chi connectivity index (χ0v) is 16.2. The van der Waals surface area contributed by atoms with E-state index in [0.29, 0.717) is 12.5 Å². The highest BCUT2D eigenvalue weighted by Gasteiger charge is 2.28. The van der Waals surface area contributed by atoms with Crippen LogP contribution in [0, 0.1) is 0 Å². The summed E-state index contributed by atoms with van der Waals surface area (Å²) in [5, 5.41) is 6.49. The highest BCUT2D eigenvalue weighted by molar-refractivity contribution is 5.81. The predicted molar refractivity (Wildman–Crippen MR) is 102 cm³/mol. The Labute approximate surface area is 157 Å². The van der Waals surface area contributed by atoms with E-state index in [2.05, 4.69) is 20.4 Å². The molecule has 7 heteroatoms. The molecule has 1 atom stereocenters. The molecule has 0 aromatic rings. The number of hydrogen-bond acceptors (Lipinski definition) is 5. The summed E-state index contributed by atoms with van der Waals surface area (Å²) in [4.78, 5) is 31.3. The van der Waals surface area contributed by atoms with Crippen molar-refractivity contribution in [3.8, 4) is 0 Å². The van der Waals surface area contributed by atoms with Crippen LogP contribution in [0.3, 0.4) is 0 Å². The fourth-order valence-electron chi connectivity index (χ4n) is 4.26. The van der Waals surface area contributed by atoms with Gasteiger partial charge < -0.3 is 20.4 Å². The first-order valence-corrected chi connectivity index (χ1v) is 10.4. The molecule has 3 aliphatic rings. The third kappa shape index (κ3) is 5.41. The van der Waals surface area contributed by atoms with Crippen molar-refractivity contribution in [1.82, 2.24) is 25.3 Å². The molecule has 0 radical (unpaired) electrons. The lowest BCUT2D eigenvalue weighted by Crippen LogP contribution is -2.55. The van der Waals surface area contributed by atoms with Crippen molar-refractivity contribution >= 4 is 11.8 Å². The Balaban J connectivity index is 1.34. The molecule has 2 aliphatic heterocycles. The summed E-state index contributed by atoms with van der Waals surface area (Å²) >= 11 is 0. The Morgan fingerprint density at radius 3 is 2.35 bits per heavy atom. The fraction of sp³-hybridized carbons (Fsp3) is 0.895. The molecule has 0 aromatic heterocycles. The number of piperazine rings is 2. The van der Waals surface area contributed by atoms with Crippen molar-refractivity contribution in [1.29, 1.82) is 0 Å². The Bertz CT molecular complexity index is 467. The smallest absolute Gasteiger partial charge is 0.237 e. The number of nitrogens with zero attached hydrogens (tertiary/aromatic N) is 3. The summed E-state index contributed by atoms with van der Waals surface area (Å²) in [5.74, 6) is 0.456. The summed E-state index contributed by atoms with van der Waals surface area (Å²) < 4.78 is 0. The molecule has 3 fully saturated rings. The van der Waals surface area contributed by atoms with Gasteiger partial charge in [-0.25, -0.2) is 0 Å². The van der Waals surface area contributed by atoms with Crippen LogP contribution in [0.1, 0.15) is 39.0 Å². The van der Waals surface area contributed by atoms with Crippen molar-refractivity contribution in [3.63, 3.8) is 0 Å². The Kier molecular flexibility index (Phi) is 7.28. The van der Waals surface area contributed by atoms with Gasteiger partial charge in [0.05, 0.1) is 6.04 Å². The molecule has 148 valence electrons. The van der Waals surface area contributed by atoms with Crippen LogP contribution in [-0.2, 0) is 9.59 Å². The second-order valence-electron chi connectivity index (χ2n) is 7.92. The van der Waals surface area contributed by atoms with Gasteiger partial charge in [-0.2, -0.15) is 0 Å². The van der Waals surface area contributed by atoms with E-state index in [9.17, 15) is 9.59 Å². The molecule has 0 spiro atoms. The minimum atomic E-state index is -0.0553. The molecule has 0 bridgehead atoms. The maximum Gasteiger partial charge on any atom is 0.237 e. The lowest BCUT2D eigenvalue weighted by molar-refractivity contribution is -0.132. The standard InChI is InChI=1S/C19H35N5O2/c1-16(19(26)21-17-4-2-3-5-17)23-14-12-22(13-15-23)9-6-18(25)24-10-7-20-8-11-24/h16-17,20H,2-15H2,1H3,(H,21,26). The summed E-state index contributed by atoms with van der Waals surface area (Å²) in [5.41, 5.74) is 0. The second kappa shape index (κ2) is 9.67. The molecule has 0 aromatic carbocycles. The number of rotatable bonds is 6. The molecule has 26 heavy (non-hydrogen) atoms. The molecule has 2 N–H and O–H groups in total. The molecule has 2 saturated heterocycles.